The maximum Gasteiger partial charge on any atom is 0.128 e. The lowest BCUT2D eigenvalue weighted by Gasteiger charge is -2.19. The van der Waals surface area contributed by atoms with E-state index in [-0.39, 0.29) is 0 Å². The molecule has 1 aromatic carbocycles. The Kier molecular flexibility index (Phi) is 4.40. The maximum atomic E-state index is 9.59. The zero-order valence-corrected chi connectivity index (χ0v) is 11.8. The van der Waals surface area contributed by atoms with Crippen molar-refractivity contribution in [1.82, 2.24) is 4.98 Å². The highest BCUT2D eigenvalue weighted by atomic mass is 35.5. The predicted octanol–water partition coefficient (Wildman–Crippen LogP) is 3.42. The molecule has 2 rings (SSSR count). The quantitative estimate of drug-likeness (QED) is 0.929. The van der Waals surface area contributed by atoms with Crippen LogP contribution in [0.3, 0.4) is 0 Å². The van der Waals surface area contributed by atoms with E-state index in [0.29, 0.717) is 0 Å². The van der Waals surface area contributed by atoms with Crippen molar-refractivity contribution in [1.29, 1.82) is 0 Å². The summed E-state index contributed by atoms with van der Waals surface area (Å²) < 4.78 is 0. The molecule has 0 aliphatic heterocycles. The van der Waals surface area contributed by atoms with E-state index in [4.69, 9.17) is 11.6 Å². The van der Waals surface area contributed by atoms with Crippen molar-refractivity contribution in [2.45, 2.75) is 19.6 Å². The highest BCUT2D eigenvalue weighted by Crippen LogP contribution is 2.19. The number of aliphatic hydroxyl groups excluding tert-OH is 1. The van der Waals surface area contributed by atoms with E-state index in [1.165, 1.54) is 0 Å². The Balaban J connectivity index is 2.13. The molecule has 3 nitrogen and oxygen atoms in total. The van der Waals surface area contributed by atoms with Gasteiger partial charge in [0.25, 0.3) is 0 Å². The van der Waals surface area contributed by atoms with Crippen LogP contribution in [0.25, 0.3) is 0 Å². The monoisotopic (exact) mass is 276 g/mol. The van der Waals surface area contributed by atoms with E-state index in [1.54, 1.807) is 13.1 Å². The zero-order valence-electron chi connectivity index (χ0n) is 11.0. The third kappa shape index (κ3) is 3.69. The zero-order chi connectivity index (χ0) is 13.8. The molecule has 0 aliphatic rings. The van der Waals surface area contributed by atoms with Gasteiger partial charge in [0.15, 0.2) is 0 Å². The van der Waals surface area contributed by atoms with Crippen LogP contribution in [-0.2, 0) is 6.54 Å². The van der Waals surface area contributed by atoms with E-state index in [1.807, 2.05) is 48.3 Å². The highest BCUT2D eigenvalue weighted by Gasteiger charge is 2.07. The molecule has 4 heteroatoms. The second kappa shape index (κ2) is 6.04. The number of halogens is 1. The fourth-order valence-electron chi connectivity index (χ4n) is 1.85. The number of rotatable bonds is 4. The van der Waals surface area contributed by atoms with Crippen molar-refractivity contribution < 1.29 is 5.11 Å². The molecule has 0 saturated carbocycles. The molecule has 1 N–H and O–H groups in total. The average Bonchev–Trinajstić information content (AvgIpc) is 2.41. The van der Waals surface area contributed by atoms with Gasteiger partial charge < -0.3 is 10.0 Å². The maximum absolute atomic E-state index is 9.59. The number of aliphatic hydroxyl groups is 1. The second-order valence-corrected chi connectivity index (χ2v) is 5.04. The molecule has 2 aromatic rings. The first kappa shape index (κ1) is 13.8. The predicted molar refractivity (Wildman–Crippen MR) is 78.4 cm³/mol. The molecule has 0 unspecified atom stereocenters. The number of nitrogens with zero attached hydrogens (tertiary/aromatic N) is 2. The number of aromatic nitrogens is 1. The molecule has 0 saturated heterocycles. The average molecular weight is 277 g/mol. The molecule has 1 heterocycles. The Labute approximate surface area is 118 Å². The minimum absolute atomic E-state index is 0.481. The summed E-state index contributed by atoms with van der Waals surface area (Å²) in [6.07, 6.45) is 1.24. The smallest absolute Gasteiger partial charge is 0.128 e. The van der Waals surface area contributed by atoms with Crippen molar-refractivity contribution in [3.8, 4) is 0 Å². The minimum Gasteiger partial charge on any atom is -0.389 e. The standard InChI is InChI=1S/C15H17ClN2O/c1-11(19)13-7-8-17-15(9-13)18(2)10-12-3-5-14(16)6-4-12/h3-9,11,19H,10H2,1-2H3/t11-/m1/s1. The number of pyridine rings is 1. The lowest BCUT2D eigenvalue weighted by atomic mass is 10.1. The van der Waals surface area contributed by atoms with Crippen LogP contribution in [0.4, 0.5) is 5.82 Å². The van der Waals surface area contributed by atoms with Crippen molar-refractivity contribution in [2.75, 3.05) is 11.9 Å². The first-order chi connectivity index (χ1) is 9.06. The first-order valence-electron chi connectivity index (χ1n) is 6.16. The Morgan fingerprint density at radius 3 is 2.58 bits per heavy atom. The third-order valence-corrected chi connectivity index (χ3v) is 3.23. The number of hydrogen-bond acceptors (Lipinski definition) is 3. The molecule has 19 heavy (non-hydrogen) atoms. The summed E-state index contributed by atoms with van der Waals surface area (Å²) in [5.41, 5.74) is 2.03. The van der Waals surface area contributed by atoms with Crippen molar-refractivity contribution in [3.63, 3.8) is 0 Å². The SMILES string of the molecule is C[C@@H](O)c1ccnc(N(C)Cc2ccc(Cl)cc2)c1. The fourth-order valence-corrected chi connectivity index (χ4v) is 1.97. The molecular formula is C15H17ClN2O. The van der Waals surface area contributed by atoms with Crippen LogP contribution in [-0.4, -0.2) is 17.1 Å². The van der Waals surface area contributed by atoms with Crippen LogP contribution in [0, 0.1) is 0 Å². The van der Waals surface area contributed by atoms with Crippen LogP contribution in [0.2, 0.25) is 5.02 Å². The molecule has 0 spiro atoms. The minimum atomic E-state index is -0.481. The fraction of sp³-hybridized carbons (Fsp3) is 0.267. The lowest BCUT2D eigenvalue weighted by molar-refractivity contribution is 0.199. The first-order valence-corrected chi connectivity index (χ1v) is 6.53. The van der Waals surface area contributed by atoms with Crippen LogP contribution in [0.15, 0.2) is 42.6 Å². The molecule has 0 amide bonds. The van der Waals surface area contributed by atoms with Gasteiger partial charge in [-0.3, -0.25) is 0 Å². The van der Waals surface area contributed by atoms with Crippen LogP contribution in [0.5, 0.6) is 0 Å². The van der Waals surface area contributed by atoms with Crippen LogP contribution < -0.4 is 4.90 Å². The third-order valence-electron chi connectivity index (χ3n) is 2.98. The number of hydrogen-bond donors (Lipinski definition) is 1. The Morgan fingerprint density at radius 1 is 1.26 bits per heavy atom. The van der Waals surface area contributed by atoms with Crippen LogP contribution in [0.1, 0.15) is 24.2 Å². The van der Waals surface area contributed by atoms with E-state index < -0.39 is 6.10 Å². The summed E-state index contributed by atoms with van der Waals surface area (Å²) in [6, 6.07) is 11.5. The topological polar surface area (TPSA) is 36.4 Å². The largest absolute Gasteiger partial charge is 0.389 e. The molecule has 1 atom stereocenters. The van der Waals surface area contributed by atoms with E-state index in [0.717, 1.165) is 28.5 Å². The second-order valence-electron chi connectivity index (χ2n) is 4.61. The molecule has 100 valence electrons. The summed E-state index contributed by atoms with van der Waals surface area (Å²) in [6.45, 7) is 2.49. The van der Waals surface area contributed by atoms with Gasteiger partial charge in [0.1, 0.15) is 5.82 Å². The van der Waals surface area contributed by atoms with Gasteiger partial charge in [0.05, 0.1) is 6.10 Å². The van der Waals surface area contributed by atoms with Crippen molar-refractivity contribution in [3.05, 3.63) is 58.7 Å². The molecule has 1 aromatic heterocycles. The molecular weight excluding hydrogens is 260 g/mol. The van der Waals surface area contributed by atoms with Gasteiger partial charge in [-0.1, -0.05) is 23.7 Å². The Hall–Kier alpha value is -1.58. The summed E-state index contributed by atoms with van der Waals surface area (Å²) in [4.78, 5) is 6.36. The molecule has 0 aliphatic carbocycles. The number of benzene rings is 1. The normalized spacial score (nSPS) is 12.2. The van der Waals surface area contributed by atoms with E-state index >= 15 is 0 Å². The van der Waals surface area contributed by atoms with Gasteiger partial charge in [-0.05, 0) is 42.3 Å². The van der Waals surface area contributed by atoms with Gasteiger partial charge >= 0.3 is 0 Å². The van der Waals surface area contributed by atoms with Gasteiger partial charge in [-0.15, -0.1) is 0 Å². The Morgan fingerprint density at radius 2 is 1.95 bits per heavy atom. The van der Waals surface area contributed by atoms with Gasteiger partial charge in [0, 0.05) is 24.8 Å². The van der Waals surface area contributed by atoms with Crippen molar-refractivity contribution >= 4 is 17.4 Å². The van der Waals surface area contributed by atoms with E-state index in [2.05, 4.69) is 4.98 Å². The molecule has 0 bridgehead atoms. The van der Waals surface area contributed by atoms with Crippen molar-refractivity contribution in [2.24, 2.45) is 0 Å². The summed E-state index contributed by atoms with van der Waals surface area (Å²) in [5, 5.41) is 10.3. The van der Waals surface area contributed by atoms with Gasteiger partial charge in [-0.25, -0.2) is 4.98 Å². The summed E-state index contributed by atoms with van der Waals surface area (Å²) >= 11 is 5.87. The Bertz CT molecular complexity index is 540. The number of anilines is 1. The van der Waals surface area contributed by atoms with E-state index in [9.17, 15) is 5.11 Å². The summed E-state index contributed by atoms with van der Waals surface area (Å²) in [5.74, 6) is 0.841. The van der Waals surface area contributed by atoms with Gasteiger partial charge in [-0.2, -0.15) is 0 Å². The molecule has 0 radical (unpaired) electrons. The van der Waals surface area contributed by atoms with Gasteiger partial charge in [0.2, 0.25) is 0 Å². The lowest BCUT2D eigenvalue weighted by Crippen LogP contribution is -2.17. The van der Waals surface area contributed by atoms with Crippen LogP contribution >= 0.6 is 11.6 Å². The highest BCUT2D eigenvalue weighted by molar-refractivity contribution is 6.30. The molecule has 0 fully saturated rings. The summed E-state index contributed by atoms with van der Waals surface area (Å²) in [7, 11) is 1.97.